The van der Waals surface area contributed by atoms with E-state index in [1.54, 1.807) is 0 Å². The maximum absolute atomic E-state index is 12.9. The van der Waals surface area contributed by atoms with Crippen molar-refractivity contribution in [3.8, 4) is 44.9 Å². The van der Waals surface area contributed by atoms with Gasteiger partial charge in [-0.3, -0.25) is 0 Å². The van der Waals surface area contributed by atoms with Crippen molar-refractivity contribution in [3.63, 3.8) is 0 Å². The van der Waals surface area contributed by atoms with E-state index in [2.05, 4.69) is 202 Å². The molecule has 9 rings (SSSR count). The first kappa shape index (κ1) is 59.4. The Hall–Kier alpha value is -5.22. The molecule has 8 aromatic rings. The van der Waals surface area contributed by atoms with Crippen molar-refractivity contribution in [1.29, 1.82) is 0 Å². The predicted octanol–water partition coefficient (Wildman–Crippen LogP) is 21.6. The summed E-state index contributed by atoms with van der Waals surface area (Å²) in [4.78, 5) is 0. The maximum Gasteiger partial charge on any atom is 0.132 e. The van der Waals surface area contributed by atoms with Crippen molar-refractivity contribution >= 4 is 54.8 Å². The summed E-state index contributed by atoms with van der Waals surface area (Å²) >= 11 is 11.6. The number of hydrogen-bond acceptors (Lipinski definition) is 4. The largest absolute Gasteiger partial charge is 0.507 e. The number of nitrogens with zero attached hydrogens (tertiary/aromatic N) is 1. The Morgan fingerprint density at radius 1 is 0.481 bits per heavy atom. The van der Waals surface area contributed by atoms with Crippen LogP contribution in [0.2, 0.25) is 10.0 Å². The van der Waals surface area contributed by atoms with Crippen molar-refractivity contribution in [3.05, 3.63) is 182 Å². The first-order valence-electron chi connectivity index (χ1n) is 27.8. The minimum Gasteiger partial charge on any atom is -0.507 e. The second-order valence-corrected chi connectivity index (χ2v) is 25.5. The summed E-state index contributed by atoms with van der Waals surface area (Å²) < 4.78 is 11.9. The molecule has 404 valence electrons. The minimum atomic E-state index is -0.662. The minimum absolute atomic E-state index is 0.0146. The molecule has 1 aliphatic heterocycles. The number of hydrogen-bond donors (Lipinski definition) is 2. The van der Waals surface area contributed by atoms with Crippen LogP contribution < -0.4 is 0 Å². The molecule has 1 aliphatic rings. The number of rotatable bonds is 12. The Kier molecular flexibility index (Phi) is 20.2. The van der Waals surface area contributed by atoms with Gasteiger partial charge in [0.2, 0.25) is 0 Å². The first-order valence-corrected chi connectivity index (χ1v) is 30.6. The molecule has 4 nitrogen and oxygen atoms in total. The molecular weight excluding hydrogens is 1070 g/mol. The number of fused-ring (bicyclic) bond motifs is 2. The van der Waals surface area contributed by atoms with Crippen molar-refractivity contribution in [2.24, 2.45) is 3.50 Å². The Bertz CT molecular complexity index is 3170. The van der Waals surface area contributed by atoms with Crippen LogP contribution in [0.1, 0.15) is 184 Å². The van der Waals surface area contributed by atoms with Gasteiger partial charge in [-0.25, -0.2) is 0 Å². The summed E-state index contributed by atoms with van der Waals surface area (Å²) in [5.41, 5.74) is 14.8. The summed E-state index contributed by atoms with van der Waals surface area (Å²) in [6, 6.07) is 46.3. The van der Waals surface area contributed by atoms with Crippen molar-refractivity contribution < 1.29 is 32.9 Å². The molecule has 2 N–H and O–H groups in total. The average molecular weight is 1150 g/mol. The molecular formula is C70H81Cl2MoNO3. The fraction of sp³-hybridized carbons (Fsp3) is 0.357. The molecule has 77 heavy (non-hydrogen) atoms. The van der Waals surface area contributed by atoms with Crippen LogP contribution in [0, 0.1) is 0 Å². The molecule has 1 fully saturated rings. The molecule has 0 bridgehead atoms. The normalized spacial score (nSPS) is 12.7. The number of phenolic OH excluding ortho intramolecular Hbond substituents is 2. The van der Waals surface area contributed by atoms with Gasteiger partial charge in [-0.2, -0.15) is 0 Å². The molecule has 1 heterocycles. The Labute approximate surface area is 479 Å². The van der Waals surface area contributed by atoms with Gasteiger partial charge in [-0.05, 0) is 127 Å². The Balaban J connectivity index is 0.000000282. The maximum atomic E-state index is 12.9. The zero-order valence-corrected chi connectivity index (χ0v) is 51.5. The van der Waals surface area contributed by atoms with E-state index in [0.717, 1.165) is 62.7 Å². The smallest absolute Gasteiger partial charge is 0.132 e. The third kappa shape index (κ3) is 13.6. The quantitative estimate of drug-likeness (QED) is 0.120. The number of aromatic hydroxyl groups is 2. The Morgan fingerprint density at radius 2 is 0.857 bits per heavy atom. The second-order valence-electron chi connectivity index (χ2n) is 23.1. The third-order valence-corrected chi connectivity index (χ3v) is 17.9. The zero-order chi connectivity index (χ0) is 55.9. The van der Waals surface area contributed by atoms with Crippen molar-refractivity contribution in [1.82, 2.24) is 0 Å². The number of benzene rings is 8. The summed E-state index contributed by atoms with van der Waals surface area (Å²) in [5, 5.41) is 30.9. The van der Waals surface area contributed by atoms with Gasteiger partial charge in [-0.15, -0.1) is 0 Å². The number of ether oxygens (including phenoxy) is 1. The van der Waals surface area contributed by atoms with Gasteiger partial charge in [0.05, 0.1) is 0 Å². The van der Waals surface area contributed by atoms with Crippen LogP contribution >= 0.6 is 23.2 Å². The fourth-order valence-electron chi connectivity index (χ4n) is 10.3. The molecule has 0 radical (unpaired) electrons. The summed E-state index contributed by atoms with van der Waals surface area (Å²) in [6.45, 7) is 33.4. The van der Waals surface area contributed by atoms with Crippen LogP contribution in [0.15, 0.2) is 137 Å². The van der Waals surface area contributed by atoms with Gasteiger partial charge in [-0.1, -0.05) is 156 Å². The third-order valence-electron chi connectivity index (χ3n) is 14.9. The molecule has 0 aliphatic carbocycles. The van der Waals surface area contributed by atoms with Gasteiger partial charge in [0.25, 0.3) is 0 Å². The fourth-order valence-corrected chi connectivity index (χ4v) is 12.9. The van der Waals surface area contributed by atoms with Crippen LogP contribution in [-0.2, 0) is 28.1 Å². The van der Waals surface area contributed by atoms with E-state index in [1.807, 2.05) is 36.4 Å². The average Bonchev–Trinajstić information content (AvgIpc) is 4.09. The summed E-state index contributed by atoms with van der Waals surface area (Å²) in [7, 11) is 0. The van der Waals surface area contributed by atoms with E-state index in [9.17, 15) is 10.2 Å². The van der Waals surface area contributed by atoms with E-state index < -0.39 is 17.9 Å². The molecule has 0 amide bonds. The van der Waals surface area contributed by atoms with E-state index in [4.69, 9.17) is 27.9 Å². The topological polar surface area (TPSA) is 62.0 Å². The van der Waals surface area contributed by atoms with Crippen LogP contribution in [0.25, 0.3) is 54.9 Å². The molecule has 7 heteroatoms. The van der Waals surface area contributed by atoms with Gasteiger partial charge < -0.3 is 14.9 Å². The van der Waals surface area contributed by atoms with Crippen LogP contribution in [0.3, 0.4) is 0 Å². The summed E-state index contributed by atoms with van der Waals surface area (Å²) in [6.07, 6.45) is 2.56. The van der Waals surface area contributed by atoms with Crippen LogP contribution in [-0.4, -0.2) is 27.8 Å². The van der Waals surface area contributed by atoms with Gasteiger partial charge >= 0.3 is 138 Å². The van der Waals surface area contributed by atoms with Gasteiger partial charge in [0.15, 0.2) is 0 Å². The van der Waals surface area contributed by atoms with E-state index in [-0.39, 0.29) is 40.6 Å². The predicted molar refractivity (Wildman–Crippen MR) is 330 cm³/mol. The monoisotopic (exact) mass is 1150 g/mol. The molecule has 0 saturated carbocycles. The van der Waals surface area contributed by atoms with Gasteiger partial charge in [0.1, 0.15) is 11.5 Å². The molecule has 1 saturated heterocycles. The van der Waals surface area contributed by atoms with E-state index in [0.29, 0.717) is 33.0 Å². The van der Waals surface area contributed by atoms with Crippen LogP contribution in [0.4, 0.5) is 5.69 Å². The van der Waals surface area contributed by atoms with E-state index in [1.165, 1.54) is 51.8 Å². The number of halogens is 2. The molecule has 0 unspecified atom stereocenters. The standard InChI is InChI=1S/C50H58O2.C10H12.C6H3Cl2N.C4H8O.Mo/c1-27(2)35-23-39(29(5)6)45(40(24-35)30(7)8)43-21-33-17-13-15-19-37(33)47(49(43)51)48-38-20-16-14-18-34(38)22-44(50(48)52)46-41(31(9)10)25-36(28(3)4)26-42(46)32(11)12;1-10(2,3)9-7-5-4-6-8-9;7-4-2-1-3-5(8)6(4)9;1-2-4-5-3-1;/h13-32,51-52H,1-12H3;1,4-8H,2-3H3;1-3H;1-4H2;. The van der Waals surface area contributed by atoms with Gasteiger partial charge in [0, 0.05) is 35.5 Å². The summed E-state index contributed by atoms with van der Waals surface area (Å²) in [5.74, 6) is 2.17. The Morgan fingerprint density at radius 3 is 1.21 bits per heavy atom. The molecule has 0 spiro atoms. The first-order chi connectivity index (χ1) is 36.6. The second kappa shape index (κ2) is 26.2. The molecule has 0 aromatic heterocycles. The molecule has 8 aromatic carbocycles. The van der Waals surface area contributed by atoms with Crippen LogP contribution in [0.5, 0.6) is 11.5 Å². The van der Waals surface area contributed by atoms with Crippen molar-refractivity contribution in [2.75, 3.05) is 13.2 Å². The van der Waals surface area contributed by atoms with Crippen molar-refractivity contribution in [2.45, 2.75) is 151 Å². The molecule has 0 atom stereocenters. The number of phenols is 2. The zero-order valence-electron chi connectivity index (χ0n) is 48.0. The van der Waals surface area contributed by atoms with E-state index >= 15 is 0 Å². The SMILES string of the molecule is C1CCOC1.CC(C)([CH]=[Mo]=[N]c1c(Cl)cccc1Cl)c1ccccc1.CC(C)c1cc(C(C)C)c(-c2cc3ccccc3c(-c3c(O)c(-c4c(C(C)C)cc(C(C)C)cc4C(C)C)cc4ccccc34)c2O)c(C(C)C)c1.